The molecule has 0 aliphatic carbocycles. The zero-order valence-corrected chi connectivity index (χ0v) is 12.5. The lowest BCUT2D eigenvalue weighted by atomic mass is 10.4. The van der Waals surface area contributed by atoms with E-state index in [2.05, 4.69) is 14.7 Å². The van der Waals surface area contributed by atoms with E-state index in [-0.39, 0.29) is 26.6 Å². The molecule has 1 heterocycles. The molecule has 0 amide bonds. The summed E-state index contributed by atoms with van der Waals surface area (Å²) < 4.78 is 31.7. The van der Waals surface area contributed by atoms with Crippen LogP contribution in [0.3, 0.4) is 0 Å². The molecule has 106 valence electrons. The van der Waals surface area contributed by atoms with Crippen LogP contribution in [0, 0.1) is 0 Å². The summed E-state index contributed by atoms with van der Waals surface area (Å²) in [6.45, 7) is 0. The summed E-state index contributed by atoms with van der Waals surface area (Å²) >= 11 is 11.7. The van der Waals surface area contributed by atoms with E-state index in [0.29, 0.717) is 0 Å². The summed E-state index contributed by atoms with van der Waals surface area (Å²) in [7, 11) is -2.59. The van der Waals surface area contributed by atoms with Gasteiger partial charge in [0.1, 0.15) is 4.90 Å². The number of rotatable bonds is 4. The van der Waals surface area contributed by atoms with Crippen molar-refractivity contribution in [2.45, 2.75) is 4.90 Å². The van der Waals surface area contributed by atoms with E-state index in [1.54, 1.807) is 0 Å². The van der Waals surface area contributed by atoms with Gasteiger partial charge >= 0.3 is 0 Å². The molecule has 20 heavy (non-hydrogen) atoms. The Morgan fingerprint density at radius 1 is 1.20 bits per heavy atom. The van der Waals surface area contributed by atoms with Gasteiger partial charge in [-0.25, -0.2) is 18.4 Å². The van der Waals surface area contributed by atoms with E-state index in [1.165, 1.54) is 37.7 Å². The molecular formula is C11H9Cl2N3O3S. The summed E-state index contributed by atoms with van der Waals surface area (Å²) in [4.78, 5) is 7.55. The third kappa shape index (κ3) is 2.95. The molecule has 2 rings (SSSR count). The lowest BCUT2D eigenvalue weighted by molar-refractivity contribution is 0.398. The fraction of sp³-hybridized carbons (Fsp3) is 0.0909. The predicted molar refractivity (Wildman–Crippen MR) is 75.9 cm³/mol. The van der Waals surface area contributed by atoms with Crippen LogP contribution in [0.15, 0.2) is 35.5 Å². The van der Waals surface area contributed by atoms with Crippen molar-refractivity contribution < 1.29 is 13.2 Å². The highest BCUT2D eigenvalue weighted by atomic mass is 35.5. The normalized spacial score (nSPS) is 11.2. The summed E-state index contributed by atoms with van der Waals surface area (Å²) in [5.41, 5.74) is 0. The Morgan fingerprint density at radius 2 is 1.90 bits per heavy atom. The zero-order valence-electron chi connectivity index (χ0n) is 10.2. The molecule has 9 heteroatoms. The van der Waals surface area contributed by atoms with Crippen molar-refractivity contribution in [3.05, 3.63) is 40.6 Å². The lowest BCUT2D eigenvalue weighted by Crippen LogP contribution is -2.15. The smallest absolute Gasteiger partial charge is 0.264 e. The number of nitrogens with zero attached hydrogens (tertiary/aromatic N) is 2. The Bertz CT molecular complexity index is 737. The van der Waals surface area contributed by atoms with Crippen LogP contribution in [0.5, 0.6) is 5.88 Å². The standard InChI is InChI=1S/C11H9Cl2N3O3S/c1-19-11-10(14-5-6-15-11)16-20(17,18)8-4-2-3-7(12)9(8)13/h2-6H,1H3,(H,14,16). The van der Waals surface area contributed by atoms with Crippen molar-refractivity contribution in [2.24, 2.45) is 0 Å². The first-order chi connectivity index (χ1) is 9.45. The first-order valence-corrected chi connectivity index (χ1v) is 7.51. The number of sulfonamides is 1. The number of halogens is 2. The fourth-order valence-corrected chi connectivity index (χ4v) is 3.19. The Morgan fingerprint density at radius 3 is 2.60 bits per heavy atom. The number of hydrogen-bond donors (Lipinski definition) is 1. The minimum absolute atomic E-state index is 0.0361. The average Bonchev–Trinajstić information content (AvgIpc) is 2.42. The van der Waals surface area contributed by atoms with Gasteiger partial charge in [0.05, 0.1) is 17.2 Å². The van der Waals surface area contributed by atoms with Crippen LogP contribution >= 0.6 is 23.2 Å². The second kappa shape index (κ2) is 5.82. The van der Waals surface area contributed by atoms with E-state index in [9.17, 15) is 8.42 Å². The number of ether oxygens (including phenoxy) is 1. The molecule has 1 N–H and O–H groups in total. The summed E-state index contributed by atoms with van der Waals surface area (Å²) in [6, 6.07) is 4.31. The molecule has 0 saturated heterocycles. The van der Waals surface area contributed by atoms with Crippen LogP contribution in [-0.4, -0.2) is 25.5 Å². The SMILES string of the molecule is COc1nccnc1NS(=O)(=O)c1cccc(Cl)c1Cl. The van der Waals surface area contributed by atoms with Crippen LogP contribution in [0.4, 0.5) is 5.82 Å². The molecule has 1 aromatic carbocycles. The van der Waals surface area contributed by atoms with Gasteiger partial charge in [0, 0.05) is 12.4 Å². The monoisotopic (exact) mass is 333 g/mol. The molecule has 1 aromatic heterocycles. The molecule has 0 saturated carbocycles. The van der Waals surface area contributed by atoms with Gasteiger partial charge in [0.15, 0.2) is 0 Å². The molecule has 0 unspecified atom stereocenters. The predicted octanol–water partition coefficient (Wildman–Crippen LogP) is 2.59. The highest BCUT2D eigenvalue weighted by Gasteiger charge is 2.22. The number of benzene rings is 1. The van der Waals surface area contributed by atoms with Gasteiger partial charge in [-0.05, 0) is 12.1 Å². The first-order valence-electron chi connectivity index (χ1n) is 5.27. The molecule has 0 aliphatic heterocycles. The molecular weight excluding hydrogens is 325 g/mol. The number of anilines is 1. The van der Waals surface area contributed by atoms with Gasteiger partial charge < -0.3 is 4.74 Å². The summed E-state index contributed by atoms with van der Waals surface area (Å²) in [5, 5.41) is 0.0742. The zero-order chi connectivity index (χ0) is 14.8. The average molecular weight is 334 g/mol. The second-order valence-electron chi connectivity index (χ2n) is 3.57. The van der Waals surface area contributed by atoms with Gasteiger partial charge in [-0.3, -0.25) is 4.72 Å². The summed E-state index contributed by atoms with van der Waals surface area (Å²) in [5.74, 6) is 0.0141. The van der Waals surface area contributed by atoms with Crippen molar-refractivity contribution in [2.75, 3.05) is 11.8 Å². The van der Waals surface area contributed by atoms with E-state index >= 15 is 0 Å². The molecule has 0 spiro atoms. The van der Waals surface area contributed by atoms with Crippen molar-refractivity contribution in [3.8, 4) is 5.88 Å². The Kier molecular flexibility index (Phi) is 4.32. The lowest BCUT2D eigenvalue weighted by Gasteiger charge is -2.11. The number of methoxy groups -OCH3 is 1. The van der Waals surface area contributed by atoms with Crippen molar-refractivity contribution in [3.63, 3.8) is 0 Å². The maximum absolute atomic E-state index is 12.3. The van der Waals surface area contributed by atoms with Crippen molar-refractivity contribution >= 4 is 39.0 Å². The van der Waals surface area contributed by atoms with Gasteiger partial charge in [-0.2, -0.15) is 0 Å². The first kappa shape index (κ1) is 14.8. The van der Waals surface area contributed by atoms with Gasteiger partial charge in [-0.15, -0.1) is 0 Å². The molecule has 2 aromatic rings. The van der Waals surface area contributed by atoms with Crippen LogP contribution in [0.1, 0.15) is 0 Å². The maximum Gasteiger partial charge on any atom is 0.264 e. The minimum Gasteiger partial charge on any atom is -0.478 e. The minimum atomic E-state index is -3.95. The van der Waals surface area contributed by atoms with Gasteiger partial charge in [0.25, 0.3) is 15.9 Å². The largest absolute Gasteiger partial charge is 0.478 e. The third-order valence-corrected chi connectivity index (χ3v) is 4.61. The van der Waals surface area contributed by atoms with Gasteiger partial charge in [-0.1, -0.05) is 29.3 Å². The van der Waals surface area contributed by atoms with Crippen LogP contribution in [-0.2, 0) is 10.0 Å². The number of aromatic nitrogens is 2. The molecule has 0 atom stereocenters. The van der Waals surface area contributed by atoms with Gasteiger partial charge in [0.2, 0.25) is 5.82 Å². The number of nitrogens with one attached hydrogen (secondary N) is 1. The Labute approximate surface area is 125 Å². The van der Waals surface area contributed by atoms with Crippen molar-refractivity contribution in [1.29, 1.82) is 0 Å². The topological polar surface area (TPSA) is 81.2 Å². The Balaban J connectivity index is 2.44. The van der Waals surface area contributed by atoms with Crippen molar-refractivity contribution in [1.82, 2.24) is 9.97 Å². The van der Waals surface area contributed by atoms with E-state index < -0.39 is 10.0 Å². The third-order valence-electron chi connectivity index (χ3n) is 2.29. The number of hydrogen-bond acceptors (Lipinski definition) is 5. The van der Waals surface area contributed by atoms with E-state index in [4.69, 9.17) is 27.9 Å². The highest BCUT2D eigenvalue weighted by molar-refractivity contribution is 7.92. The molecule has 0 fully saturated rings. The quantitative estimate of drug-likeness (QED) is 0.929. The Hall–Kier alpha value is -1.57. The molecule has 0 bridgehead atoms. The van der Waals surface area contributed by atoms with Crippen LogP contribution < -0.4 is 9.46 Å². The highest BCUT2D eigenvalue weighted by Crippen LogP contribution is 2.30. The van der Waals surface area contributed by atoms with Crippen LogP contribution in [0.2, 0.25) is 10.0 Å². The molecule has 0 radical (unpaired) electrons. The molecule has 0 aliphatic rings. The van der Waals surface area contributed by atoms with Crippen LogP contribution in [0.25, 0.3) is 0 Å². The summed E-state index contributed by atoms with van der Waals surface area (Å²) in [6.07, 6.45) is 2.71. The van der Waals surface area contributed by atoms with E-state index in [1.807, 2.05) is 0 Å². The van der Waals surface area contributed by atoms with E-state index in [0.717, 1.165) is 0 Å². The fourth-order valence-electron chi connectivity index (χ4n) is 1.42. The maximum atomic E-state index is 12.3. The second-order valence-corrected chi connectivity index (χ2v) is 6.01. The molecule has 6 nitrogen and oxygen atoms in total.